The van der Waals surface area contributed by atoms with Gasteiger partial charge in [0, 0.05) is 5.56 Å². The molecule has 2 aromatic rings. The van der Waals surface area contributed by atoms with Gasteiger partial charge < -0.3 is 4.74 Å². The van der Waals surface area contributed by atoms with Crippen LogP contribution in [-0.4, -0.2) is 12.9 Å². The number of benzene rings is 2. The van der Waals surface area contributed by atoms with Crippen LogP contribution in [0, 0.1) is 0 Å². The summed E-state index contributed by atoms with van der Waals surface area (Å²) in [6, 6.07) is 8.06. The molecule has 0 aliphatic carbocycles. The van der Waals surface area contributed by atoms with Crippen LogP contribution in [-0.2, 0) is 0 Å². The normalized spacial score (nSPS) is 10.4. The standard InChI is InChI=1S/C14H8Cl4O2/c1-20-8-4-2-3-7(5-8)14(19)11-9(15)6-10(16)12(17)13(11)18/h2-6H,1H3. The van der Waals surface area contributed by atoms with Crippen LogP contribution >= 0.6 is 46.4 Å². The Hall–Kier alpha value is -0.930. The number of rotatable bonds is 3. The van der Waals surface area contributed by atoms with Crippen molar-refractivity contribution in [2.45, 2.75) is 0 Å². The lowest BCUT2D eigenvalue weighted by atomic mass is 10.0. The zero-order chi connectivity index (χ0) is 14.9. The van der Waals surface area contributed by atoms with E-state index >= 15 is 0 Å². The van der Waals surface area contributed by atoms with E-state index < -0.39 is 0 Å². The van der Waals surface area contributed by atoms with Gasteiger partial charge in [-0.2, -0.15) is 0 Å². The fraction of sp³-hybridized carbons (Fsp3) is 0.0714. The molecule has 0 unspecified atom stereocenters. The molecule has 0 aliphatic heterocycles. The first kappa shape index (κ1) is 15.5. The summed E-state index contributed by atoms with van der Waals surface area (Å²) < 4.78 is 5.08. The Morgan fingerprint density at radius 3 is 2.35 bits per heavy atom. The highest BCUT2D eigenvalue weighted by Gasteiger charge is 2.21. The molecule has 0 atom stereocenters. The van der Waals surface area contributed by atoms with E-state index in [9.17, 15) is 4.79 Å². The molecule has 20 heavy (non-hydrogen) atoms. The average molecular weight is 350 g/mol. The molecule has 0 heterocycles. The molecule has 2 nitrogen and oxygen atoms in total. The summed E-state index contributed by atoms with van der Waals surface area (Å²) in [4.78, 5) is 12.5. The van der Waals surface area contributed by atoms with Crippen LogP contribution in [0.25, 0.3) is 0 Å². The van der Waals surface area contributed by atoms with E-state index in [0.29, 0.717) is 11.3 Å². The van der Waals surface area contributed by atoms with E-state index in [4.69, 9.17) is 51.1 Å². The third-order valence-electron chi connectivity index (χ3n) is 2.67. The average Bonchev–Trinajstić information content (AvgIpc) is 2.45. The van der Waals surface area contributed by atoms with E-state index in [1.165, 1.54) is 13.2 Å². The van der Waals surface area contributed by atoms with Crippen LogP contribution in [0.15, 0.2) is 30.3 Å². The predicted molar refractivity (Wildman–Crippen MR) is 82.9 cm³/mol. The minimum absolute atomic E-state index is 0.0389. The van der Waals surface area contributed by atoms with Crippen molar-refractivity contribution in [3.8, 4) is 5.75 Å². The Bertz CT molecular complexity index is 683. The monoisotopic (exact) mass is 348 g/mol. The summed E-state index contributed by atoms with van der Waals surface area (Å²) in [5.41, 5.74) is 0.516. The van der Waals surface area contributed by atoms with E-state index in [1.54, 1.807) is 24.3 Å². The minimum Gasteiger partial charge on any atom is -0.497 e. The molecule has 2 rings (SSSR count). The minimum atomic E-state index is -0.350. The summed E-state index contributed by atoms with van der Waals surface area (Å²) in [5.74, 6) is 0.209. The second kappa shape index (κ2) is 6.23. The van der Waals surface area contributed by atoms with Gasteiger partial charge in [0.15, 0.2) is 5.78 Å². The van der Waals surface area contributed by atoms with E-state index in [0.717, 1.165) is 0 Å². The van der Waals surface area contributed by atoms with Crippen LogP contribution in [0.2, 0.25) is 20.1 Å². The molecule has 0 bridgehead atoms. The van der Waals surface area contributed by atoms with Crippen LogP contribution in [0.3, 0.4) is 0 Å². The number of hydrogen-bond donors (Lipinski definition) is 0. The summed E-state index contributed by atoms with van der Waals surface area (Å²) in [6.45, 7) is 0. The molecule has 0 spiro atoms. The van der Waals surface area contributed by atoms with Crippen molar-refractivity contribution in [1.29, 1.82) is 0 Å². The highest BCUT2D eigenvalue weighted by molar-refractivity contribution is 6.51. The van der Waals surface area contributed by atoms with Crippen LogP contribution in [0.5, 0.6) is 5.75 Å². The van der Waals surface area contributed by atoms with Gasteiger partial charge in [-0.25, -0.2) is 0 Å². The van der Waals surface area contributed by atoms with Crippen LogP contribution in [0.1, 0.15) is 15.9 Å². The highest BCUT2D eigenvalue weighted by Crippen LogP contribution is 2.38. The van der Waals surface area contributed by atoms with Gasteiger partial charge >= 0.3 is 0 Å². The molecule has 6 heteroatoms. The molecule has 104 valence electrons. The lowest BCUT2D eigenvalue weighted by Gasteiger charge is -2.10. The number of hydrogen-bond acceptors (Lipinski definition) is 2. The van der Waals surface area contributed by atoms with Crippen molar-refractivity contribution in [1.82, 2.24) is 0 Å². The van der Waals surface area contributed by atoms with Gasteiger partial charge in [0.2, 0.25) is 0 Å². The molecule has 0 saturated heterocycles. The molecule has 0 fully saturated rings. The third-order valence-corrected chi connectivity index (χ3v) is 4.23. The lowest BCUT2D eigenvalue weighted by Crippen LogP contribution is -2.04. The molecule has 0 amide bonds. The maximum absolute atomic E-state index is 12.5. The quantitative estimate of drug-likeness (QED) is 0.413. The number of ketones is 1. The smallest absolute Gasteiger partial charge is 0.196 e. The molecular weight excluding hydrogens is 342 g/mol. The molecule has 0 saturated carbocycles. The largest absolute Gasteiger partial charge is 0.497 e. The van der Waals surface area contributed by atoms with E-state index in [2.05, 4.69) is 0 Å². The van der Waals surface area contributed by atoms with Gasteiger partial charge in [-0.15, -0.1) is 0 Å². The Morgan fingerprint density at radius 2 is 1.70 bits per heavy atom. The van der Waals surface area contributed by atoms with Crippen molar-refractivity contribution >= 4 is 52.2 Å². The topological polar surface area (TPSA) is 26.3 Å². The second-order valence-corrected chi connectivity index (χ2v) is 5.47. The highest BCUT2D eigenvalue weighted by atomic mass is 35.5. The number of ether oxygens (including phenoxy) is 1. The molecule has 0 aromatic heterocycles. The number of carbonyl (C=O) groups is 1. The predicted octanol–water partition coefficient (Wildman–Crippen LogP) is 5.54. The molecular formula is C14H8Cl4O2. The number of halogens is 4. The fourth-order valence-electron chi connectivity index (χ4n) is 1.68. The Labute approximate surface area is 136 Å². The van der Waals surface area contributed by atoms with Crippen molar-refractivity contribution in [3.05, 3.63) is 61.5 Å². The Balaban J connectivity index is 2.56. The van der Waals surface area contributed by atoms with Gasteiger partial charge in [0.05, 0.1) is 32.8 Å². The van der Waals surface area contributed by atoms with Gasteiger partial charge in [-0.05, 0) is 18.2 Å². The van der Waals surface area contributed by atoms with Crippen molar-refractivity contribution < 1.29 is 9.53 Å². The van der Waals surface area contributed by atoms with E-state index in [1.807, 2.05) is 0 Å². The van der Waals surface area contributed by atoms with Crippen LogP contribution < -0.4 is 4.74 Å². The first-order valence-corrected chi connectivity index (χ1v) is 6.98. The van der Waals surface area contributed by atoms with Crippen molar-refractivity contribution in [3.63, 3.8) is 0 Å². The van der Waals surface area contributed by atoms with Crippen LogP contribution in [0.4, 0.5) is 0 Å². The first-order chi connectivity index (χ1) is 9.45. The fourth-order valence-corrected chi connectivity index (χ4v) is 2.77. The summed E-state index contributed by atoms with van der Waals surface area (Å²) >= 11 is 23.9. The molecule has 0 aliphatic rings. The summed E-state index contributed by atoms with van der Waals surface area (Å²) in [7, 11) is 1.52. The zero-order valence-corrected chi connectivity index (χ0v) is 13.2. The van der Waals surface area contributed by atoms with Crippen molar-refractivity contribution in [2.75, 3.05) is 7.11 Å². The summed E-state index contributed by atoms with van der Waals surface area (Å²) in [5, 5.41) is 0.488. The maximum Gasteiger partial charge on any atom is 0.196 e. The van der Waals surface area contributed by atoms with Gasteiger partial charge in [-0.3, -0.25) is 4.79 Å². The Kier molecular flexibility index (Phi) is 4.82. The maximum atomic E-state index is 12.5. The first-order valence-electron chi connectivity index (χ1n) is 5.47. The number of carbonyl (C=O) groups excluding carboxylic acids is 1. The van der Waals surface area contributed by atoms with Gasteiger partial charge in [0.1, 0.15) is 5.75 Å². The molecule has 2 aromatic carbocycles. The summed E-state index contributed by atoms with van der Waals surface area (Å²) in [6.07, 6.45) is 0. The zero-order valence-electron chi connectivity index (χ0n) is 10.2. The van der Waals surface area contributed by atoms with Gasteiger partial charge in [0.25, 0.3) is 0 Å². The second-order valence-electron chi connectivity index (χ2n) is 3.90. The van der Waals surface area contributed by atoms with Gasteiger partial charge in [-0.1, -0.05) is 58.5 Å². The molecule has 0 N–H and O–H groups in total. The third kappa shape index (κ3) is 2.89. The van der Waals surface area contributed by atoms with E-state index in [-0.39, 0.29) is 31.4 Å². The Morgan fingerprint density at radius 1 is 1.00 bits per heavy atom. The number of methoxy groups -OCH3 is 1. The lowest BCUT2D eigenvalue weighted by molar-refractivity contribution is 0.103. The SMILES string of the molecule is COc1cccc(C(=O)c2c(Cl)cc(Cl)c(Cl)c2Cl)c1. The molecule has 0 radical (unpaired) electrons. The van der Waals surface area contributed by atoms with Crippen molar-refractivity contribution in [2.24, 2.45) is 0 Å².